The number of piperidine rings is 1. The van der Waals surface area contributed by atoms with Gasteiger partial charge in [0.25, 0.3) is 0 Å². The zero-order chi connectivity index (χ0) is 22.2. The lowest BCUT2D eigenvalue weighted by Gasteiger charge is -2.32. The molecule has 0 aromatic carbocycles. The summed E-state index contributed by atoms with van der Waals surface area (Å²) in [6.45, 7) is 8.04. The second kappa shape index (κ2) is 11.3. The number of hydrogen-bond acceptors (Lipinski definition) is 6. The number of carbonyl (C=O) groups is 1. The molecule has 2 N–H and O–H groups in total. The fourth-order valence-corrected chi connectivity index (χ4v) is 4.27. The van der Waals surface area contributed by atoms with Crippen molar-refractivity contribution in [2.24, 2.45) is 5.92 Å². The van der Waals surface area contributed by atoms with Crippen molar-refractivity contribution in [1.29, 1.82) is 0 Å². The van der Waals surface area contributed by atoms with Gasteiger partial charge in [0.2, 0.25) is 0 Å². The van der Waals surface area contributed by atoms with E-state index < -0.39 is 5.97 Å². The van der Waals surface area contributed by atoms with Gasteiger partial charge in [-0.2, -0.15) is 9.97 Å². The number of hydrogen-bond donors (Lipinski definition) is 2. The topological polar surface area (TPSA) is 113 Å². The summed E-state index contributed by atoms with van der Waals surface area (Å²) in [5, 5.41) is 9.01. The van der Waals surface area contributed by atoms with Crippen molar-refractivity contribution in [3.63, 3.8) is 0 Å². The Hall–Kier alpha value is -2.42. The van der Waals surface area contributed by atoms with Crippen molar-refractivity contribution in [2.45, 2.75) is 71.8 Å². The highest BCUT2D eigenvalue weighted by atomic mass is 16.5. The minimum absolute atomic E-state index is 0.161. The predicted molar refractivity (Wildman–Crippen MR) is 119 cm³/mol. The standard InChI is InChI=1S/C22H35N5O4/c1-3-4-13-31-21-23-16(2)19-20(25-21)27(22(30)24-19)12-7-5-6-10-26-11-8-9-17(15-26)14-18(28)29/h17H,3-15H2,1-2H3,(H,24,30)(H,28,29). The predicted octanol–water partition coefficient (Wildman–Crippen LogP) is 2.96. The first-order valence-corrected chi connectivity index (χ1v) is 11.5. The summed E-state index contributed by atoms with van der Waals surface area (Å²) in [5.74, 6) is -0.429. The maximum Gasteiger partial charge on any atom is 0.327 e. The van der Waals surface area contributed by atoms with E-state index in [1.54, 1.807) is 4.57 Å². The molecule has 1 unspecified atom stereocenters. The van der Waals surface area contributed by atoms with Gasteiger partial charge in [-0.1, -0.05) is 19.8 Å². The van der Waals surface area contributed by atoms with E-state index in [0.29, 0.717) is 36.0 Å². The number of aromatic nitrogens is 4. The first-order valence-electron chi connectivity index (χ1n) is 11.5. The van der Waals surface area contributed by atoms with Gasteiger partial charge in [0.05, 0.1) is 12.3 Å². The van der Waals surface area contributed by atoms with Crippen molar-refractivity contribution in [1.82, 2.24) is 24.4 Å². The van der Waals surface area contributed by atoms with Crippen LogP contribution in [0.3, 0.4) is 0 Å². The molecule has 0 spiro atoms. The number of nitrogens with zero attached hydrogens (tertiary/aromatic N) is 4. The van der Waals surface area contributed by atoms with E-state index in [1.165, 1.54) is 0 Å². The third kappa shape index (κ3) is 6.53. The number of imidazole rings is 1. The Labute approximate surface area is 182 Å². The molecule has 3 rings (SSSR count). The van der Waals surface area contributed by atoms with Crippen molar-refractivity contribution in [3.05, 3.63) is 16.2 Å². The lowest BCUT2D eigenvalue weighted by atomic mass is 9.95. The van der Waals surface area contributed by atoms with Crippen LogP contribution in [0.4, 0.5) is 0 Å². The molecule has 2 aromatic heterocycles. The second-order valence-corrected chi connectivity index (χ2v) is 8.54. The molecule has 31 heavy (non-hydrogen) atoms. The first kappa shape index (κ1) is 23.2. The minimum Gasteiger partial charge on any atom is -0.481 e. The van der Waals surface area contributed by atoms with E-state index in [0.717, 1.165) is 64.6 Å². The quantitative estimate of drug-likeness (QED) is 0.495. The number of rotatable bonds is 12. The molecule has 9 nitrogen and oxygen atoms in total. The number of carboxylic acid groups (broad SMARTS) is 1. The third-order valence-corrected chi connectivity index (χ3v) is 5.93. The fraction of sp³-hybridized carbons (Fsp3) is 0.727. The average molecular weight is 434 g/mol. The van der Waals surface area contributed by atoms with Gasteiger partial charge < -0.3 is 19.7 Å². The van der Waals surface area contributed by atoms with Crippen LogP contribution in [0.1, 0.15) is 64.0 Å². The normalized spacial score (nSPS) is 17.3. The lowest BCUT2D eigenvalue weighted by Crippen LogP contribution is -2.36. The summed E-state index contributed by atoms with van der Waals surface area (Å²) in [5.41, 5.74) is 1.83. The molecular formula is C22H35N5O4. The van der Waals surface area contributed by atoms with Crippen molar-refractivity contribution in [3.8, 4) is 6.01 Å². The summed E-state index contributed by atoms with van der Waals surface area (Å²) < 4.78 is 7.33. The molecule has 2 aromatic rings. The van der Waals surface area contributed by atoms with E-state index >= 15 is 0 Å². The van der Waals surface area contributed by atoms with Gasteiger partial charge in [0, 0.05) is 19.5 Å². The Bertz CT molecular complexity index is 922. The minimum atomic E-state index is -0.700. The van der Waals surface area contributed by atoms with E-state index in [1.807, 2.05) is 6.92 Å². The van der Waals surface area contributed by atoms with Crippen molar-refractivity contribution >= 4 is 17.1 Å². The molecule has 9 heteroatoms. The van der Waals surface area contributed by atoms with Crippen LogP contribution in [0.25, 0.3) is 11.2 Å². The van der Waals surface area contributed by atoms with Crippen LogP contribution >= 0.6 is 0 Å². The zero-order valence-corrected chi connectivity index (χ0v) is 18.7. The molecule has 1 fully saturated rings. The van der Waals surface area contributed by atoms with Crippen molar-refractivity contribution in [2.75, 3.05) is 26.2 Å². The van der Waals surface area contributed by atoms with Gasteiger partial charge in [0.1, 0.15) is 5.52 Å². The van der Waals surface area contributed by atoms with Crippen LogP contribution in [0, 0.1) is 12.8 Å². The van der Waals surface area contributed by atoms with Crippen LogP contribution in [-0.4, -0.2) is 61.7 Å². The van der Waals surface area contributed by atoms with Gasteiger partial charge >= 0.3 is 17.7 Å². The molecular weight excluding hydrogens is 398 g/mol. The van der Waals surface area contributed by atoms with Crippen LogP contribution < -0.4 is 10.4 Å². The summed E-state index contributed by atoms with van der Waals surface area (Å²) in [7, 11) is 0. The Morgan fingerprint density at radius 2 is 2.03 bits per heavy atom. The van der Waals surface area contributed by atoms with Crippen LogP contribution in [0.15, 0.2) is 4.79 Å². The molecule has 0 saturated carbocycles. The molecule has 1 aliphatic rings. The highest BCUT2D eigenvalue weighted by Crippen LogP contribution is 2.20. The van der Waals surface area contributed by atoms with Crippen molar-refractivity contribution < 1.29 is 14.6 Å². The Kier molecular flexibility index (Phi) is 8.45. The summed E-state index contributed by atoms with van der Waals surface area (Å²) >= 11 is 0. The van der Waals surface area contributed by atoms with Gasteiger partial charge in [0.15, 0.2) is 5.65 Å². The van der Waals surface area contributed by atoms with Gasteiger partial charge in [-0.25, -0.2) is 4.79 Å². The Morgan fingerprint density at radius 3 is 2.81 bits per heavy atom. The first-order chi connectivity index (χ1) is 15.0. The number of likely N-dealkylation sites (tertiary alicyclic amines) is 1. The van der Waals surface area contributed by atoms with Gasteiger partial charge in [-0.3, -0.25) is 9.36 Å². The molecule has 0 amide bonds. The number of fused-ring (bicyclic) bond motifs is 1. The van der Waals surface area contributed by atoms with Crippen LogP contribution in [0.5, 0.6) is 6.01 Å². The molecule has 1 saturated heterocycles. The molecule has 1 aliphatic heterocycles. The largest absolute Gasteiger partial charge is 0.481 e. The highest BCUT2D eigenvalue weighted by Gasteiger charge is 2.21. The van der Waals surface area contributed by atoms with Gasteiger partial charge in [-0.05, 0) is 58.0 Å². The monoisotopic (exact) mass is 433 g/mol. The number of aromatic amines is 1. The summed E-state index contributed by atoms with van der Waals surface area (Å²) in [6, 6.07) is 0.326. The number of unbranched alkanes of at least 4 members (excludes halogenated alkanes) is 3. The van der Waals surface area contributed by atoms with E-state index in [9.17, 15) is 9.59 Å². The number of aliphatic carboxylic acids is 1. The highest BCUT2D eigenvalue weighted by molar-refractivity contribution is 5.73. The average Bonchev–Trinajstić information content (AvgIpc) is 3.04. The van der Waals surface area contributed by atoms with Gasteiger partial charge in [-0.15, -0.1) is 0 Å². The number of nitrogens with one attached hydrogen (secondary N) is 1. The molecule has 1 atom stereocenters. The molecule has 3 heterocycles. The molecule has 0 aliphatic carbocycles. The zero-order valence-electron chi connectivity index (χ0n) is 18.7. The summed E-state index contributed by atoms with van der Waals surface area (Å²) in [6.07, 6.45) is 7.25. The smallest absolute Gasteiger partial charge is 0.327 e. The Balaban J connectivity index is 1.51. The van der Waals surface area contributed by atoms with E-state index in [-0.39, 0.29) is 18.0 Å². The maximum absolute atomic E-state index is 12.4. The number of ether oxygens (including phenoxy) is 1. The van der Waals surface area contributed by atoms with E-state index in [2.05, 4.69) is 26.8 Å². The lowest BCUT2D eigenvalue weighted by molar-refractivity contribution is -0.138. The second-order valence-electron chi connectivity index (χ2n) is 8.54. The van der Waals surface area contributed by atoms with Crippen LogP contribution in [0.2, 0.25) is 0 Å². The SMILES string of the molecule is CCCCOc1nc(C)c2[nH]c(=O)n(CCCCCN3CCCC(CC(=O)O)C3)c2n1. The number of H-pyrrole nitrogens is 1. The number of carboxylic acids is 1. The Morgan fingerprint density at radius 1 is 1.23 bits per heavy atom. The molecule has 0 radical (unpaired) electrons. The third-order valence-electron chi connectivity index (χ3n) is 5.93. The molecule has 172 valence electrons. The van der Waals surface area contributed by atoms with E-state index in [4.69, 9.17) is 9.84 Å². The number of aryl methyl sites for hydroxylation is 2. The summed E-state index contributed by atoms with van der Waals surface area (Å²) in [4.78, 5) is 37.5. The van der Waals surface area contributed by atoms with Crippen LogP contribution in [-0.2, 0) is 11.3 Å². The maximum atomic E-state index is 12.4. The fourth-order valence-electron chi connectivity index (χ4n) is 4.27. The molecule has 0 bridgehead atoms.